The second kappa shape index (κ2) is 3.66. The van der Waals surface area contributed by atoms with Crippen LogP contribution in [-0.2, 0) is 9.53 Å². The summed E-state index contributed by atoms with van der Waals surface area (Å²) in [5, 5.41) is 3.37. The number of nitrogens with one attached hydrogen (secondary N) is 1. The third-order valence-corrected chi connectivity index (χ3v) is 3.50. The van der Waals surface area contributed by atoms with Crippen LogP contribution in [-0.4, -0.2) is 26.2 Å². The van der Waals surface area contributed by atoms with Gasteiger partial charge in [0.2, 0.25) is 0 Å². The Labute approximate surface area is 78.8 Å². The first-order valence-corrected chi connectivity index (χ1v) is 5.11. The van der Waals surface area contributed by atoms with Crippen molar-refractivity contribution in [2.45, 2.75) is 19.3 Å². The van der Waals surface area contributed by atoms with E-state index in [0.29, 0.717) is 5.92 Å². The standard InChI is InChI=1S/C10H17NO2/c1-13-10(12)8-4-2-3-7-5-11-6-9(7)8/h7-9,11H,2-6H2,1H3. The third kappa shape index (κ3) is 1.57. The van der Waals surface area contributed by atoms with Gasteiger partial charge in [-0.1, -0.05) is 6.42 Å². The van der Waals surface area contributed by atoms with E-state index in [1.165, 1.54) is 20.0 Å². The van der Waals surface area contributed by atoms with Crippen LogP contribution in [0.5, 0.6) is 0 Å². The fraction of sp³-hybridized carbons (Fsp3) is 0.900. The summed E-state index contributed by atoms with van der Waals surface area (Å²) in [5.41, 5.74) is 0. The van der Waals surface area contributed by atoms with Gasteiger partial charge in [0.25, 0.3) is 0 Å². The van der Waals surface area contributed by atoms with Crippen molar-refractivity contribution in [1.82, 2.24) is 5.32 Å². The lowest BCUT2D eigenvalue weighted by Crippen LogP contribution is -2.33. The Kier molecular flexibility index (Phi) is 2.54. The molecular weight excluding hydrogens is 166 g/mol. The van der Waals surface area contributed by atoms with Crippen molar-refractivity contribution in [1.29, 1.82) is 0 Å². The van der Waals surface area contributed by atoms with E-state index in [4.69, 9.17) is 4.74 Å². The Balaban J connectivity index is 2.05. The molecule has 1 aliphatic heterocycles. The van der Waals surface area contributed by atoms with E-state index in [9.17, 15) is 4.79 Å². The SMILES string of the molecule is COC(=O)C1CCCC2CNCC21. The number of hydrogen-bond donors (Lipinski definition) is 1. The van der Waals surface area contributed by atoms with Gasteiger partial charge in [-0.15, -0.1) is 0 Å². The quantitative estimate of drug-likeness (QED) is 0.611. The predicted octanol–water partition coefficient (Wildman–Crippen LogP) is 0.795. The summed E-state index contributed by atoms with van der Waals surface area (Å²) in [5.74, 6) is 1.43. The molecule has 1 heterocycles. The monoisotopic (exact) mass is 183 g/mol. The van der Waals surface area contributed by atoms with Crippen molar-refractivity contribution in [2.75, 3.05) is 20.2 Å². The molecule has 3 nitrogen and oxygen atoms in total. The molecule has 0 aromatic rings. The minimum Gasteiger partial charge on any atom is -0.469 e. The van der Waals surface area contributed by atoms with Crippen LogP contribution in [0.15, 0.2) is 0 Å². The van der Waals surface area contributed by atoms with Gasteiger partial charge in [-0.05, 0) is 37.8 Å². The number of rotatable bonds is 1. The first-order valence-electron chi connectivity index (χ1n) is 5.11. The van der Waals surface area contributed by atoms with Crippen LogP contribution in [0.4, 0.5) is 0 Å². The van der Waals surface area contributed by atoms with Crippen LogP contribution in [0.25, 0.3) is 0 Å². The number of hydrogen-bond acceptors (Lipinski definition) is 3. The molecule has 1 saturated heterocycles. The highest BCUT2D eigenvalue weighted by Crippen LogP contribution is 2.37. The van der Waals surface area contributed by atoms with Gasteiger partial charge in [0.15, 0.2) is 0 Å². The molecular formula is C10H17NO2. The molecule has 3 atom stereocenters. The second-order valence-corrected chi connectivity index (χ2v) is 4.14. The zero-order valence-electron chi connectivity index (χ0n) is 8.08. The lowest BCUT2D eigenvalue weighted by Gasteiger charge is -2.30. The van der Waals surface area contributed by atoms with Gasteiger partial charge in [-0.25, -0.2) is 0 Å². The molecule has 0 radical (unpaired) electrons. The van der Waals surface area contributed by atoms with Crippen LogP contribution < -0.4 is 5.32 Å². The highest BCUT2D eigenvalue weighted by molar-refractivity contribution is 5.72. The van der Waals surface area contributed by atoms with Gasteiger partial charge in [-0.2, -0.15) is 0 Å². The highest BCUT2D eigenvalue weighted by Gasteiger charge is 2.40. The molecule has 74 valence electrons. The summed E-state index contributed by atoms with van der Waals surface area (Å²) in [6, 6.07) is 0. The van der Waals surface area contributed by atoms with Crippen molar-refractivity contribution < 1.29 is 9.53 Å². The second-order valence-electron chi connectivity index (χ2n) is 4.14. The van der Waals surface area contributed by atoms with Gasteiger partial charge in [-0.3, -0.25) is 4.79 Å². The first-order chi connectivity index (χ1) is 6.33. The van der Waals surface area contributed by atoms with E-state index in [0.717, 1.165) is 25.4 Å². The maximum atomic E-state index is 11.5. The van der Waals surface area contributed by atoms with Crippen LogP contribution in [0.2, 0.25) is 0 Å². The van der Waals surface area contributed by atoms with E-state index in [1.54, 1.807) is 0 Å². The number of carbonyl (C=O) groups is 1. The maximum absolute atomic E-state index is 11.5. The van der Waals surface area contributed by atoms with Crippen molar-refractivity contribution in [3.05, 3.63) is 0 Å². The topological polar surface area (TPSA) is 38.3 Å². The molecule has 3 heteroatoms. The number of fused-ring (bicyclic) bond motifs is 1. The number of ether oxygens (including phenoxy) is 1. The zero-order valence-corrected chi connectivity index (χ0v) is 8.08. The summed E-state index contributed by atoms with van der Waals surface area (Å²) in [4.78, 5) is 11.5. The molecule has 3 unspecified atom stereocenters. The van der Waals surface area contributed by atoms with Crippen LogP contribution in [0, 0.1) is 17.8 Å². The van der Waals surface area contributed by atoms with Crippen LogP contribution in [0.3, 0.4) is 0 Å². The summed E-state index contributed by atoms with van der Waals surface area (Å²) in [6.45, 7) is 2.10. The number of carbonyl (C=O) groups excluding carboxylic acids is 1. The average Bonchev–Trinajstić information content (AvgIpc) is 2.63. The lowest BCUT2D eigenvalue weighted by atomic mass is 9.74. The molecule has 1 saturated carbocycles. The molecule has 0 bridgehead atoms. The van der Waals surface area contributed by atoms with Gasteiger partial charge in [0, 0.05) is 0 Å². The molecule has 0 aromatic carbocycles. The molecule has 2 fully saturated rings. The summed E-state index contributed by atoms with van der Waals surface area (Å²) in [7, 11) is 1.49. The Morgan fingerprint density at radius 3 is 3.00 bits per heavy atom. The number of esters is 1. The molecule has 0 amide bonds. The summed E-state index contributed by atoms with van der Waals surface area (Å²) in [6.07, 6.45) is 3.49. The van der Waals surface area contributed by atoms with Crippen molar-refractivity contribution in [3.8, 4) is 0 Å². The Bertz CT molecular complexity index is 205. The fourth-order valence-corrected chi connectivity index (χ4v) is 2.80. The number of methoxy groups -OCH3 is 1. The molecule has 2 rings (SSSR count). The van der Waals surface area contributed by atoms with E-state index in [-0.39, 0.29) is 11.9 Å². The molecule has 2 aliphatic rings. The summed E-state index contributed by atoms with van der Waals surface area (Å²) >= 11 is 0. The lowest BCUT2D eigenvalue weighted by molar-refractivity contribution is -0.149. The van der Waals surface area contributed by atoms with Crippen LogP contribution in [0.1, 0.15) is 19.3 Å². The summed E-state index contributed by atoms with van der Waals surface area (Å²) < 4.78 is 4.83. The smallest absolute Gasteiger partial charge is 0.308 e. The van der Waals surface area contributed by atoms with Gasteiger partial charge < -0.3 is 10.1 Å². The van der Waals surface area contributed by atoms with Gasteiger partial charge in [0.1, 0.15) is 0 Å². The van der Waals surface area contributed by atoms with Crippen LogP contribution >= 0.6 is 0 Å². The normalized spacial score (nSPS) is 38.4. The highest BCUT2D eigenvalue weighted by atomic mass is 16.5. The first kappa shape index (κ1) is 9.00. The average molecular weight is 183 g/mol. The van der Waals surface area contributed by atoms with E-state index in [2.05, 4.69) is 5.32 Å². The van der Waals surface area contributed by atoms with Gasteiger partial charge >= 0.3 is 5.97 Å². The Hall–Kier alpha value is -0.570. The maximum Gasteiger partial charge on any atom is 0.308 e. The van der Waals surface area contributed by atoms with Gasteiger partial charge in [0.05, 0.1) is 13.0 Å². The van der Waals surface area contributed by atoms with Crippen molar-refractivity contribution in [3.63, 3.8) is 0 Å². The van der Waals surface area contributed by atoms with E-state index >= 15 is 0 Å². The molecule has 1 aliphatic carbocycles. The Morgan fingerprint density at radius 1 is 1.38 bits per heavy atom. The largest absolute Gasteiger partial charge is 0.469 e. The zero-order chi connectivity index (χ0) is 9.26. The van der Waals surface area contributed by atoms with Crippen molar-refractivity contribution >= 4 is 5.97 Å². The van der Waals surface area contributed by atoms with E-state index in [1.807, 2.05) is 0 Å². The molecule has 0 aromatic heterocycles. The Morgan fingerprint density at radius 2 is 2.23 bits per heavy atom. The molecule has 1 N–H and O–H groups in total. The third-order valence-electron chi connectivity index (χ3n) is 3.50. The fourth-order valence-electron chi connectivity index (χ4n) is 2.80. The molecule has 13 heavy (non-hydrogen) atoms. The molecule has 0 spiro atoms. The minimum atomic E-state index is -0.00148. The van der Waals surface area contributed by atoms with E-state index < -0.39 is 0 Å². The predicted molar refractivity (Wildman–Crippen MR) is 49.2 cm³/mol. The van der Waals surface area contributed by atoms with Crippen molar-refractivity contribution in [2.24, 2.45) is 17.8 Å². The minimum absolute atomic E-state index is 0.00148.